The highest BCUT2D eigenvalue weighted by molar-refractivity contribution is 5.80. The van der Waals surface area contributed by atoms with Gasteiger partial charge < -0.3 is 50.5 Å². The van der Waals surface area contributed by atoms with Crippen molar-refractivity contribution in [1.82, 2.24) is 5.32 Å². The smallest absolute Gasteiger partial charge is 0.249 e. The predicted molar refractivity (Wildman–Crippen MR) is 215 cm³/mol. The molecule has 0 aliphatic carbocycles. The lowest BCUT2D eigenvalue weighted by atomic mass is 9.98. The Hall–Kier alpha value is -0.890. The number of ether oxygens (including phenoxy) is 2. The Balaban J connectivity index is 2.46. The summed E-state index contributed by atoms with van der Waals surface area (Å²) in [5.41, 5.74) is 0. The van der Waals surface area contributed by atoms with E-state index < -0.39 is 67.6 Å². The van der Waals surface area contributed by atoms with Gasteiger partial charge in [0.1, 0.15) is 30.5 Å². The first-order valence-corrected chi connectivity index (χ1v) is 22.4. The summed E-state index contributed by atoms with van der Waals surface area (Å²) >= 11 is 0. The van der Waals surface area contributed by atoms with Crippen LogP contribution in [0.4, 0.5) is 0 Å². The molecule has 1 fully saturated rings. The van der Waals surface area contributed by atoms with Crippen molar-refractivity contribution in [3.05, 3.63) is 0 Å². The number of amides is 1. The summed E-state index contributed by atoms with van der Waals surface area (Å²) in [5.74, 6) is -0.665. The van der Waals surface area contributed by atoms with Crippen LogP contribution < -0.4 is 5.32 Å². The zero-order valence-corrected chi connectivity index (χ0v) is 34.5. The number of nitrogens with one attached hydrogen (secondary N) is 1. The van der Waals surface area contributed by atoms with Crippen LogP contribution in [-0.4, -0.2) is 110 Å². The van der Waals surface area contributed by atoms with Crippen LogP contribution in [0.1, 0.15) is 200 Å². The molecule has 1 aliphatic rings. The first-order chi connectivity index (χ1) is 26.2. The van der Waals surface area contributed by atoms with E-state index in [-0.39, 0.29) is 19.4 Å². The SMILES string of the molecule is CCCCCCCCCCCCCCCCC[C@@H](O)C(=O)N[C@H](CO[C@@H]1O[C@H](CO)[C@@H](O)[C@H](O)[C@H]1O)[C@H](O)C[C@H](O)CCCCCCCCCCCCC. The second kappa shape index (κ2) is 34.2. The fourth-order valence-corrected chi connectivity index (χ4v) is 7.38. The first kappa shape index (κ1) is 51.1. The maximum Gasteiger partial charge on any atom is 0.249 e. The monoisotopic (exact) mass is 776 g/mol. The van der Waals surface area contributed by atoms with Crippen molar-refractivity contribution in [2.75, 3.05) is 13.2 Å². The van der Waals surface area contributed by atoms with Gasteiger partial charge in [0.15, 0.2) is 6.29 Å². The van der Waals surface area contributed by atoms with Crippen LogP contribution in [0.15, 0.2) is 0 Å². The second-order valence-electron chi connectivity index (χ2n) is 16.2. The topological polar surface area (TPSA) is 189 Å². The number of carbonyl (C=O) groups is 1. The summed E-state index contributed by atoms with van der Waals surface area (Å²) in [6.45, 7) is 3.49. The molecule has 0 saturated carbocycles. The van der Waals surface area contributed by atoms with Crippen LogP contribution in [0.25, 0.3) is 0 Å². The molecule has 1 amide bonds. The van der Waals surface area contributed by atoms with E-state index in [1.54, 1.807) is 0 Å². The van der Waals surface area contributed by atoms with Gasteiger partial charge in [-0.2, -0.15) is 0 Å². The molecular formula is C43H85NO10. The fourth-order valence-electron chi connectivity index (χ4n) is 7.38. The third kappa shape index (κ3) is 24.7. The van der Waals surface area contributed by atoms with E-state index in [1.807, 2.05) is 0 Å². The van der Waals surface area contributed by atoms with E-state index >= 15 is 0 Å². The van der Waals surface area contributed by atoms with Gasteiger partial charge in [-0.05, 0) is 12.8 Å². The number of rotatable bonds is 37. The molecule has 0 radical (unpaired) electrons. The summed E-state index contributed by atoms with van der Waals surface area (Å²) in [7, 11) is 0. The molecule has 322 valence electrons. The predicted octanol–water partition coefficient (Wildman–Crippen LogP) is 6.72. The summed E-state index contributed by atoms with van der Waals surface area (Å²) < 4.78 is 11.1. The van der Waals surface area contributed by atoms with Crippen molar-refractivity contribution in [2.24, 2.45) is 0 Å². The van der Waals surface area contributed by atoms with Gasteiger partial charge in [0, 0.05) is 6.42 Å². The molecule has 9 atom stereocenters. The fraction of sp³-hybridized carbons (Fsp3) is 0.977. The molecule has 8 N–H and O–H groups in total. The molecule has 1 heterocycles. The highest BCUT2D eigenvalue weighted by Crippen LogP contribution is 2.23. The van der Waals surface area contributed by atoms with E-state index in [9.17, 15) is 40.5 Å². The molecule has 1 saturated heterocycles. The van der Waals surface area contributed by atoms with Gasteiger partial charge in [0.05, 0.1) is 31.5 Å². The number of carbonyl (C=O) groups excluding carboxylic acids is 1. The average Bonchev–Trinajstić information content (AvgIpc) is 3.16. The zero-order chi connectivity index (χ0) is 39.8. The molecule has 54 heavy (non-hydrogen) atoms. The molecule has 0 unspecified atom stereocenters. The van der Waals surface area contributed by atoms with Crippen molar-refractivity contribution in [1.29, 1.82) is 0 Å². The van der Waals surface area contributed by atoms with Crippen molar-refractivity contribution >= 4 is 5.91 Å². The average molecular weight is 776 g/mol. The van der Waals surface area contributed by atoms with Gasteiger partial charge in [0.2, 0.25) is 5.91 Å². The van der Waals surface area contributed by atoms with Gasteiger partial charge in [0.25, 0.3) is 0 Å². The van der Waals surface area contributed by atoms with Gasteiger partial charge in [-0.25, -0.2) is 0 Å². The van der Waals surface area contributed by atoms with Gasteiger partial charge in [-0.3, -0.25) is 4.79 Å². The van der Waals surface area contributed by atoms with Crippen LogP contribution in [-0.2, 0) is 14.3 Å². The minimum absolute atomic E-state index is 0.0319. The number of unbranched alkanes of at least 4 members (excludes halogenated alkanes) is 24. The minimum atomic E-state index is -1.64. The summed E-state index contributed by atoms with van der Waals surface area (Å²) in [6, 6.07) is -1.06. The first-order valence-electron chi connectivity index (χ1n) is 22.4. The van der Waals surface area contributed by atoms with Crippen LogP contribution >= 0.6 is 0 Å². The highest BCUT2D eigenvalue weighted by atomic mass is 16.7. The van der Waals surface area contributed by atoms with E-state index in [1.165, 1.54) is 122 Å². The molecule has 0 aromatic rings. The van der Waals surface area contributed by atoms with Crippen LogP contribution in [0.2, 0.25) is 0 Å². The van der Waals surface area contributed by atoms with E-state index in [0.29, 0.717) is 12.8 Å². The largest absolute Gasteiger partial charge is 0.394 e. The Morgan fingerprint density at radius 3 is 1.43 bits per heavy atom. The molecule has 11 nitrogen and oxygen atoms in total. The number of aliphatic hydroxyl groups excluding tert-OH is 7. The highest BCUT2D eigenvalue weighted by Gasteiger charge is 2.44. The van der Waals surface area contributed by atoms with Crippen molar-refractivity contribution < 1.29 is 50.0 Å². The lowest BCUT2D eigenvalue weighted by Crippen LogP contribution is -2.60. The molecule has 11 heteroatoms. The van der Waals surface area contributed by atoms with Crippen LogP contribution in [0.3, 0.4) is 0 Å². The third-order valence-corrected chi connectivity index (χ3v) is 11.1. The van der Waals surface area contributed by atoms with Crippen LogP contribution in [0, 0.1) is 0 Å². The summed E-state index contributed by atoms with van der Waals surface area (Å²) in [4.78, 5) is 13.0. The lowest BCUT2D eigenvalue weighted by molar-refractivity contribution is -0.302. The van der Waals surface area contributed by atoms with E-state index in [2.05, 4.69) is 19.2 Å². The van der Waals surface area contributed by atoms with Gasteiger partial charge in [-0.15, -0.1) is 0 Å². The normalized spacial score (nSPS) is 22.6. The Kier molecular flexibility index (Phi) is 32.4. The van der Waals surface area contributed by atoms with Crippen LogP contribution in [0.5, 0.6) is 0 Å². The van der Waals surface area contributed by atoms with Crippen molar-refractivity contribution in [2.45, 2.75) is 255 Å². The number of aliphatic hydroxyl groups is 7. The molecule has 0 aromatic carbocycles. The summed E-state index contributed by atoms with van der Waals surface area (Å²) in [5, 5.41) is 75.4. The molecule has 1 rings (SSSR count). The van der Waals surface area contributed by atoms with Crippen molar-refractivity contribution in [3.63, 3.8) is 0 Å². The molecular weight excluding hydrogens is 690 g/mol. The maximum absolute atomic E-state index is 13.0. The molecule has 0 spiro atoms. The van der Waals surface area contributed by atoms with E-state index in [0.717, 1.165) is 38.5 Å². The Bertz CT molecular complexity index is 851. The quantitative estimate of drug-likeness (QED) is 0.0315. The Morgan fingerprint density at radius 1 is 0.593 bits per heavy atom. The van der Waals surface area contributed by atoms with Gasteiger partial charge in [-0.1, -0.05) is 181 Å². The maximum atomic E-state index is 13.0. The third-order valence-electron chi connectivity index (χ3n) is 11.1. The Morgan fingerprint density at radius 2 is 1.00 bits per heavy atom. The van der Waals surface area contributed by atoms with Crippen molar-refractivity contribution in [3.8, 4) is 0 Å². The molecule has 1 aliphatic heterocycles. The molecule has 0 aromatic heterocycles. The second-order valence-corrected chi connectivity index (χ2v) is 16.2. The minimum Gasteiger partial charge on any atom is -0.394 e. The van der Waals surface area contributed by atoms with Gasteiger partial charge >= 0.3 is 0 Å². The lowest BCUT2D eigenvalue weighted by Gasteiger charge is -2.40. The number of hydrogen-bond acceptors (Lipinski definition) is 10. The standard InChI is InChI=1S/C43H85NO10/c1-3-5-7-9-11-13-15-16-17-18-20-22-24-26-28-30-36(47)42(52)44-35(33-53-43-41(51)40(50)39(49)38(32-45)54-43)37(48)31-34(46)29-27-25-23-21-19-14-12-10-8-6-4-2/h34-41,43,45-51H,3-33H2,1-2H3,(H,44,52)/t34-,35-,36-,37-,38-,39-,40+,41-,43-/m1/s1. The van der Waals surface area contributed by atoms with E-state index in [4.69, 9.17) is 9.47 Å². The molecule has 0 bridgehead atoms. The number of hydrogen-bond donors (Lipinski definition) is 8. The summed E-state index contributed by atoms with van der Waals surface area (Å²) in [6.07, 6.45) is 21.4. The Labute approximate surface area is 329 Å². The zero-order valence-electron chi connectivity index (χ0n) is 34.5.